The largest absolute Gasteiger partial charge is 0.331 e. The normalized spacial score (nSPS) is 12.4. The molecule has 80 valence electrons. The maximum absolute atomic E-state index is 11.8. The number of rotatable bonds is 7. The van der Waals surface area contributed by atoms with Crippen LogP contribution in [-0.2, 0) is 13.6 Å². The Morgan fingerprint density at radius 2 is 1.62 bits per heavy atom. The van der Waals surface area contributed by atoms with Crippen molar-refractivity contribution in [2.75, 3.05) is 40.0 Å². The molecule has 0 heterocycles. The van der Waals surface area contributed by atoms with E-state index in [-0.39, 0.29) is 0 Å². The second-order valence-corrected chi connectivity index (χ2v) is 5.16. The van der Waals surface area contributed by atoms with Crippen LogP contribution >= 0.6 is 7.60 Å². The van der Waals surface area contributed by atoms with Gasteiger partial charge in [-0.3, -0.25) is 4.57 Å². The van der Waals surface area contributed by atoms with Crippen LogP contribution in [-0.4, -0.2) is 44.9 Å². The molecule has 5 heteroatoms. The van der Waals surface area contributed by atoms with E-state index in [9.17, 15) is 4.57 Å². The molecule has 0 amide bonds. The first-order chi connectivity index (χ1) is 6.04. The molecule has 0 aliphatic heterocycles. The highest BCUT2D eigenvalue weighted by Crippen LogP contribution is 2.47. The van der Waals surface area contributed by atoms with Crippen LogP contribution in [0.3, 0.4) is 0 Å². The molecule has 0 saturated heterocycles. The predicted octanol–water partition coefficient (Wildman–Crippen LogP) is 1.81. The summed E-state index contributed by atoms with van der Waals surface area (Å²) in [6.07, 6.45) is 0.460. The minimum absolute atomic E-state index is 0.435. The first kappa shape index (κ1) is 13.1. The zero-order chi connectivity index (χ0) is 10.3. The summed E-state index contributed by atoms with van der Waals surface area (Å²) in [7, 11) is 1.05. The number of nitrogens with zero attached hydrogens (tertiary/aromatic N) is 1. The second-order valence-electron chi connectivity index (χ2n) is 2.97. The van der Waals surface area contributed by atoms with Crippen molar-refractivity contribution in [2.45, 2.75) is 13.8 Å². The zero-order valence-corrected chi connectivity index (χ0v) is 9.84. The van der Waals surface area contributed by atoms with Gasteiger partial charge in [0.15, 0.2) is 0 Å². The molecule has 0 aliphatic carbocycles. The molecule has 0 unspecified atom stereocenters. The van der Waals surface area contributed by atoms with E-state index in [1.54, 1.807) is 0 Å². The highest BCUT2D eigenvalue weighted by Gasteiger charge is 2.22. The lowest BCUT2D eigenvalue weighted by Crippen LogP contribution is -2.18. The third-order valence-electron chi connectivity index (χ3n) is 1.47. The van der Waals surface area contributed by atoms with Gasteiger partial charge < -0.3 is 13.9 Å². The van der Waals surface area contributed by atoms with Crippen molar-refractivity contribution in [3.05, 3.63) is 0 Å². The Morgan fingerprint density at radius 1 is 1.15 bits per heavy atom. The summed E-state index contributed by atoms with van der Waals surface area (Å²) in [5, 5.41) is 0. The molecule has 0 rings (SSSR count). The van der Waals surface area contributed by atoms with Crippen molar-refractivity contribution in [3.63, 3.8) is 0 Å². The fourth-order valence-electron chi connectivity index (χ4n) is 0.882. The van der Waals surface area contributed by atoms with E-state index in [1.807, 2.05) is 32.8 Å². The van der Waals surface area contributed by atoms with Gasteiger partial charge in [0.05, 0.1) is 19.4 Å². The molecule has 0 N–H and O–H groups in total. The topological polar surface area (TPSA) is 38.8 Å². The Balaban J connectivity index is 3.99. The predicted molar refractivity (Wildman–Crippen MR) is 54.3 cm³/mol. The zero-order valence-electron chi connectivity index (χ0n) is 8.95. The Morgan fingerprint density at radius 3 is 1.92 bits per heavy atom. The summed E-state index contributed by atoms with van der Waals surface area (Å²) in [6, 6.07) is 0. The Bertz CT molecular complexity index is 163. The van der Waals surface area contributed by atoms with Gasteiger partial charge in [-0.15, -0.1) is 0 Å². The van der Waals surface area contributed by atoms with Crippen molar-refractivity contribution in [1.29, 1.82) is 0 Å². The summed E-state index contributed by atoms with van der Waals surface area (Å²) in [4.78, 5) is 1.96. The van der Waals surface area contributed by atoms with Crippen LogP contribution in [0, 0.1) is 0 Å². The number of hydrogen-bond acceptors (Lipinski definition) is 4. The van der Waals surface area contributed by atoms with Gasteiger partial charge in [0, 0.05) is 6.54 Å². The van der Waals surface area contributed by atoms with Crippen molar-refractivity contribution in [1.82, 2.24) is 4.90 Å². The molecule has 0 spiro atoms. The van der Waals surface area contributed by atoms with Crippen LogP contribution in [0.2, 0.25) is 0 Å². The van der Waals surface area contributed by atoms with Crippen molar-refractivity contribution < 1.29 is 13.6 Å². The maximum atomic E-state index is 11.8. The van der Waals surface area contributed by atoms with Crippen molar-refractivity contribution in [3.8, 4) is 0 Å². The van der Waals surface area contributed by atoms with E-state index >= 15 is 0 Å². The third kappa shape index (κ3) is 6.22. The van der Waals surface area contributed by atoms with Gasteiger partial charge in [-0.1, -0.05) is 0 Å². The minimum Gasteiger partial charge on any atom is -0.309 e. The van der Waals surface area contributed by atoms with Gasteiger partial charge in [0.2, 0.25) is 0 Å². The molecule has 0 fully saturated rings. The summed E-state index contributed by atoms with van der Waals surface area (Å²) in [5.41, 5.74) is 0. The Kier molecular flexibility index (Phi) is 6.60. The smallest absolute Gasteiger partial charge is 0.309 e. The molecule has 0 radical (unpaired) electrons. The molecule has 4 nitrogen and oxygen atoms in total. The average Bonchev–Trinajstić information content (AvgIpc) is 2.02. The van der Waals surface area contributed by atoms with E-state index in [2.05, 4.69) is 0 Å². The van der Waals surface area contributed by atoms with Crippen LogP contribution in [0.5, 0.6) is 0 Å². The Labute approximate surface area is 80.7 Å². The first-order valence-electron chi connectivity index (χ1n) is 4.57. The fraction of sp³-hybridized carbons (Fsp3) is 1.00. The van der Waals surface area contributed by atoms with Crippen LogP contribution in [0.25, 0.3) is 0 Å². The van der Waals surface area contributed by atoms with Gasteiger partial charge in [-0.2, -0.15) is 0 Å². The lowest BCUT2D eigenvalue weighted by Gasteiger charge is -2.18. The summed E-state index contributed by atoms with van der Waals surface area (Å²) in [5.74, 6) is 0. The highest BCUT2D eigenvalue weighted by atomic mass is 31.2. The molecule has 0 aromatic rings. The summed E-state index contributed by atoms with van der Waals surface area (Å²) in [6.45, 7) is 5.23. The van der Waals surface area contributed by atoms with Gasteiger partial charge >= 0.3 is 7.60 Å². The molecular formula is C8H20NO3P. The van der Waals surface area contributed by atoms with Crippen LogP contribution in [0.4, 0.5) is 0 Å². The Hall–Kier alpha value is 0.110. The van der Waals surface area contributed by atoms with E-state index in [0.717, 1.165) is 6.54 Å². The average molecular weight is 209 g/mol. The monoisotopic (exact) mass is 209 g/mol. The van der Waals surface area contributed by atoms with Crippen molar-refractivity contribution >= 4 is 7.60 Å². The fourth-order valence-corrected chi connectivity index (χ4v) is 2.65. The summed E-state index contributed by atoms with van der Waals surface area (Å²) < 4.78 is 22.1. The quantitative estimate of drug-likeness (QED) is 0.599. The molecule has 0 aliphatic rings. The molecule has 0 aromatic heterocycles. The minimum atomic E-state index is -2.81. The molecule has 0 atom stereocenters. The molecule has 0 bridgehead atoms. The van der Waals surface area contributed by atoms with E-state index in [1.165, 1.54) is 0 Å². The molecule has 0 saturated carbocycles. The standard InChI is InChI=1S/C8H20NO3P/c1-5-11-13(10,12-6-2)8-7-9(3)4/h5-8H2,1-4H3. The van der Waals surface area contributed by atoms with Crippen LogP contribution in [0.15, 0.2) is 0 Å². The highest BCUT2D eigenvalue weighted by molar-refractivity contribution is 7.53. The lowest BCUT2D eigenvalue weighted by atomic mass is 10.7. The lowest BCUT2D eigenvalue weighted by molar-refractivity contribution is 0.217. The molecular weight excluding hydrogens is 189 g/mol. The summed E-state index contributed by atoms with van der Waals surface area (Å²) >= 11 is 0. The van der Waals surface area contributed by atoms with Crippen LogP contribution in [0.1, 0.15) is 13.8 Å². The van der Waals surface area contributed by atoms with E-state index < -0.39 is 7.60 Å². The SMILES string of the molecule is CCOP(=O)(CCN(C)C)OCC. The third-order valence-corrected chi connectivity index (χ3v) is 3.52. The maximum Gasteiger partial charge on any atom is 0.331 e. The van der Waals surface area contributed by atoms with Gasteiger partial charge in [0.25, 0.3) is 0 Å². The van der Waals surface area contributed by atoms with E-state index in [0.29, 0.717) is 19.4 Å². The first-order valence-corrected chi connectivity index (χ1v) is 6.29. The van der Waals surface area contributed by atoms with E-state index in [4.69, 9.17) is 9.05 Å². The van der Waals surface area contributed by atoms with Gasteiger partial charge in [-0.05, 0) is 27.9 Å². The second kappa shape index (κ2) is 6.55. The van der Waals surface area contributed by atoms with Crippen LogP contribution < -0.4 is 0 Å². The van der Waals surface area contributed by atoms with Gasteiger partial charge in [0.1, 0.15) is 0 Å². The molecule has 0 aromatic carbocycles. The molecule has 13 heavy (non-hydrogen) atoms. The van der Waals surface area contributed by atoms with Crippen molar-refractivity contribution in [2.24, 2.45) is 0 Å². The van der Waals surface area contributed by atoms with Gasteiger partial charge in [-0.25, -0.2) is 0 Å². The number of hydrogen-bond donors (Lipinski definition) is 0.